The van der Waals surface area contributed by atoms with E-state index in [1.54, 1.807) is 6.08 Å². The van der Waals surface area contributed by atoms with Crippen molar-refractivity contribution in [3.05, 3.63) is 56.2 Å². The van der Waals surface area contributed by atoms with Gasteiger partial charge in [-0.15, -0.1) is 11.3 Å². The number of anilines is 1. The fourth-order valence-corrected chi connectivity index (χ4v) is 3.32. The summed E-state index contributed by atoms with van der Waals surface area (Å²) in [4.78, 5) is 24.3. The van der Waals surface area contributed by atoms with E-state index >= 15 is 0 Å². The van der Waals surface area contributed by atoms with E-state index in [1.165, 1.54) is 17.4 Å². The first-order valence-corrected chi connectivity index (χ1v) is 8.51. The Morgan fingerprint density at radius 2 is 1.91 bits per heavy atom. The van der Waals surface area contributed by atoms with Crippen LogP contribution in [0.3, 0.4) is 0 Å². The average Bonchev–Trinajstić information content (AvgIpc) is 2.87. The Balaban J connectivity index is 1.81. The van der Waals surface area contributed by atoms with Gasteiger partial charge >= 0.3 is 5.97 Å². The van der Waals surface area contributed by atoms with Crippen LogP contribution in [0.2, 0.25) is 0 Å². The van der Waals surface area contributed by atoms with Crippen LogP contribution in [0.25, 0.3) is 6.08 Å². The lowest BCUT2D eigenvalue weighted by atomic mass is 10.1. The van der Waals surface area contributed by atoms with Crippen LogP contribution >= 0.6 is 27.3 Å². The molecular formula is C17H16BrNO3S. The van der Waals surface area contributed by atoms with Crippen LogP contribution in [0.1, 0.15) is 16.0 Å². The van der Waals surface area contributed by atoms with Crippen LogP contribution < -0.4 is 5.32 Å². The number of carbonyl (C=O) groups is 2. The van der Waals surface area contributed by atoms with Gasteiger partial charge in [0.15, 0.2) is 6.61 Å². The second-order valence-electron chi connectivity index (χ2n) is 5.01. The highest BCUT2D eigenvalue weighted by Gasteiger charge is 2.06. The van der Waals surface area contributed by atoms with Crippen molar-refractivity contribution in [3.8, 4) is 0 Å². The summed E-state index contributed by atoms with van der Waals surface area (Å²) in [6.45, 7) is 3.59. The number of nitrogens with one attached hydrogen (secondary N) is 1. The maximum atomic E-state index is 11.8. The number of hydrogen-bond acceptors (Lipinski definition) is 4. The van der Waals surface area contributed by atoms with Crippen molar-refractivity contribution < 1.29 is 14.3 Å². The first-order valence-electron chi connectivity index (χ1n) is 6.91. The maximum Gasteiger partial charge on any atom is 0.331 e. The first-order chi connectivity index (χ1) is 10.9. The summed E-state index contributed by atoms with van der Waals surface area (Å²) in [6.07, 6.45) is 2.96. The number of rotatable bonds is 5. The minimum atomic E-state index is -0.551. The van der Waals surface area contributed by atoms with E-state index in [-0.39, 0.29) is 12.5 Å². The molecule has 0 aliphatic heterocycles. The Kier molecular flexibility index (Phi) is 6.12. The van der Waals surface area contributed by atoms with Gasteiger partial charge in [-0.25, -0.2) is 4.79 Å². The third-order valence-corrected chi connectivity index (χ3v) is 4.42. The van der Waals surface area contributed by atoms with Gasteiger partial charge < -0.3 is 10.1 Å². The number of thiophene rings is 1. The largest absolute Gasteiger partial charge is 0.452 e. The summed E-state index contributed by atoms with van der Waals surface area (Å²) in [7, 11) is 0. The van der Waals surface area contributed by atoms with E-state index in [0.29, 0.717) is 5.69 Å². The molecule has 1 amide bonds. The molecule has 2 rings (SSSR count). The Bertz CT molecular complexity index is 732. The molecule has 23 heavy (non-hydrogen) atoms. The third-order valence-electron chi connectivity index (χ3n) is 2.83. The molecule has 1 aromatic carbocycles. The van der Waals surface area contributed by atoms with Crippen molar-refractivity contribution in [2.45, 2.75) is 13.8 Å². The van der Waals surface area contributed by atoms with Crippen LogP contribution in [0, 0.1) is 13.8 Å². The summed E-state index contributed by atoms with van der Waals surface area (Å²) in [5.74, 6) is -0.916. The van der Waals surface area contributed by atoms with E-state index in [4.69, 9.17) is 4.74 Å². The highest BCUT2D eigenvalue weighted by molar-refractivity contribution is 9.11. The smallest absolute Gasteiger partial charge is 0.331 e. The summed E-state index contributed by atoms with van der Waals surface area (Å²) >= 11 is 4.85. The summed E-state index contributed by atoms with van der Waals surface area (Å²) in [5, 5.41) is 2.71. The minimum Gasteiger partial charge on any atom is -0.452 e. The molecule has 0 saturated carbocycles. The molecule has 0 aliphatic carbocycles. The average molecular weight is 394 g/mol. The number of ether oxygens (including phenoxy) is 1. The van der Waals surface area contributed by atoms with Crippen molar-refractivity contribution in [2.75, 3.05) is 11.9 Å². The van der Waals surface area contributed by atoms with Crippen molar-refractivity contribution in [2.24, 2.45) is 0 Å². The lowest BCUT2D eigenvalue weighted by Gasteiger charge is -2.07. The SMILES string of the molecule is Cc1cc(C)cc(NC(=O)COC(=O)/C=C/c2ccc(Br)s2)c1. The number of benzene rings is 1. The van der Waals surface area contributed by atoms with Crippen molar-refractivity contribution >= 4 is 50.9 Å². The summed E-state index contributed by atoms with van der Waals surface area (Å²) < 4.78 is 5.90. The quantitative estimate of drug-likeness (QED) is 0.607. The number of carbonyl (C=O) groups excluding carboxylic acids is 2. The molecule has 2 aromatic rings. The standard InChI is InChI=1S/C17H16BrNO3S/c1-11-7-12(2)9-13(8-11)19-16(20)10-22-17(21)6-4-14-3-5-15(18)23-14/h3-9H,10H2,1-2H3,(H,19,20)/b6-4+. The monoisotopic (exact) mass is 393 g/mol. The van der Waals surface area contributed by atoms with Gasteiger partial charge in [0.05, 0.1) is 3.79 Å². The lowest BCUT2D eigenvalue weighted by Crippen LogP contribution is -2.20. The second kappa shape index (κ2) is 8.08. The van der Waals surface area contributed by atoms with E-state index in [0.717, 1.165) is 19.8 Å². The molecule has 0 saturated heterocycles. The molecule has 0 radical (unpaired) electrons. The molecule has 120 valence electrons. The molecule has 0 atom stereocenters. The second-order valence-corrected chi connectivity index (χ2v) is 7.50. The normalized spacial score (nSPS) is 10.7. The van der Waals surface area contributed by atoms with Crippen LogP contribution in [0.5, 0.6) is 0 Å². The van der Waals surface area contributed by atoms with E-state index in [2.05, 4.69) is 21.2 Å². The number of aryl methyl sites for hydroxylation is 2. The molecule has 1 N–H and O–H groups in total. The van der Waals surface area contributed by atoms with Crippen LogP contribution in [-0.4, -0.2) is 18.5 Å². The number of esters is 1. The number of hydrogen-bond donors (Lipinski definition) is 1. The fourth-order valence-electron chi connectivity index (χ4n) is 2.00. The molecular weight excluding hydrogens is 378 g/mol. The van der Waals surface area contributed by atoms with Gasteiger partial charge in [0.1, 0.15) is 0 Å². The van der Waals surface area contributed by atoms with E-state index in [1.807, 2.05) is 44.2 Å². The van der Waals surface area contributed by atoms with E-state index < -0.39 is 5.97 Å². The van der Waals surface area contributed by atoms with Gasteiger partial charge in [0.25, 0.3) is 5.91 Å². The third kappa shape index (κ3) is 6.00. The molecule has 0 fully saturated rings. The Labute approximate surface area is 147 Å². The zero-order valence-electron chi connectivity index (χ0n) is 12.8. The maximum absolute atomic E-state index is 11.8. The van der Waals surface area contributed by atoms with Gasteiger partial charge in [-0.3, -0.25) is 4.79 Å². The van der Waals surface area contributed by atoms with E-state index in [9.17, 15) is 9.59 Å². The van der Waals surface area contributed by atoms with Gasteiger partial charge in [0, 0.05) is 16.6 Å². The molecule has 0 aliphatic rings. The van der Waals surface area contributed by atoms with Crippen molar-refractivity contribution in [1.82, 2.24) is 0 Å². The molecule has 1 heterocycles. The van der Waals surface area contributed by atoms with Crippen LogP contribution in [-0.2, 0) is 14.3 Å². The van der Waals surface area contributed by atoms with Crippen molar-refractivity contribution in [1.29, 1.82) is 0 Å². The predicted octanol–water partition coefficient (Wildman–Crippen LogP) is 4.32. The zero-order chi connectivity index (χ0) is 16.8. The van der Waals surface area contributed by atoms with Gasteiger partial charge in [-0.1, -0.05) is 6.07 Å². The molecule has 0 spiro atoms. The molecule has 6 heteroatoms. The Hall–Kier alpha value is -1.92. The Morgan fingerprint density at radius 1 is 1.22 bits per heavy atom. The topological polar surface area (TPSA) is 55.4 Å². The zero-order valence-corrected chi connectivity index (χ0v) is 15.2. The summed E-state index contributed by atoms with van der Waals surface area (Å²) in [5.41, 5.74) is 2.81. The minimum absolute atomic E-state index is 0.315. The summed E-state index contributed by atoms with van der Waals surface area (Å²) in [6, 6.07) is 9.52. The molecule has 4 nitrogen and oxygen atoms in total. The highest BCUT2D eigenvalue weighted by atomic mass is 79.9. The molecule has 0 unspecified atom stereocenters. The fraction of sp³-hybridized carbons (Fsp3) is 0.176. The highest BCUT2D eigenvalue weighted by Crippen LogP contribution is 2.22. The molecule has 0 bridgehead atoms. The number of amides is 1. The molecule has 1 aromatic heterocycles. The lowest BCUT2D eigenvalue weighted by molar-refractivity contribution is -0.142. The first kappa shape index (κ1) is 17.4. The van der Waals surface area contributed by atoms with Crippen LogP contribution in [0.4, 0.5) is 5.69 Å². The van der Waals surface area contributed by atoms with Gasteiger partial charge in [0.2, 0.25) is 0 Å². The predicted molar refractivity (Wildman–Crippen MR) is 96.6 cm³/mol. The van der Waals surface area contributed by atoms with Crippen LogP contribution in [0.15, 0.2) is 40.2 Å². The van der Waals surface area contributed by atoms with Gasteiger partial charge in [-0.05, 0) is 71.2 Å². The Morgan fingerprint density at radius 3 is 2.52 bits per heavy atom. The van der Waals surface area contributed by atoms with Crippen molar-refractivity contribution in [3.63, 3.8) is 0 Å². The number of halogens is 1. The van der Waals surface area contributed by atoms with Gasteiger partial charge in [-0.2, -0.15) is 0 Å².